The second-order valence-corrected chi connectivity index (χ2v) is 3.84. The predicted molar refractivity (Wildman–Crippen MR) is 72.8 cm³/mol. The van der Waals surface area contributed by atoms with Crippen LogP contribution in [0.3, 0.4) is 0 Å². The smallest absolute Gasteiger partial charge is 0.0605 e. The molecule has 0 spiro atoms. The maximum absolute atomic E-state index is 5.63. The standard InChI is InChI=1S/C12H19N3.ClH/c1-2-14-9-10-15(8-7-13)12-6-4-3-5-11(12)14;/h3-6H,2,7-10,13H2,1H3;1H. The van der Waals surface area contributed by atoms with Crippen LogP contribution in [0.25, 0.3) is 0 Å². The molecule has 2 rings (SSSR count). The fraction of sp³-hybridized carbons (Fsp3) is 0.500. The minimum Gasteiger partial charge on any atom is -0.368 e. The number of likely N-dealkylation sites (N-methyl/N-ethyl adjacent to an activating group) is 1. The first kappa shape index (κ1) is 13.1. The third-order valence-electron chi connectivity index (χ3n) is 2.98. The summed E-state index contributed by atoms with van der Waals surface area (Å²) < 4.78 is 0. The summed E-state index contributed by atoms with van der Waals surface area (Å²) in [6.45, 7) is 7.15. The molecule has 16 heavy (non-hydrogen) atoms. The lowest BCUT2D eigenvalue weighted by molar-refractivity contribution is 0.708. The Bertz CT molecular complexity index is 330. The molecule has 0 unspecified atom stereocenters. The molecule has 0 atom stereocenters. The minimum atomic E-state index is 0. The average Bonchev–Trinajstić information content (AvgIpc) is 2.30. The van der Waals surface area contributed by atoms with Gasteiger partial charge >= 0.3 is 0 Å². The quantitative estimate of drug-likeness (QED) is 0.875. The summed E-state index contributed by atoms with van der Waals surface area (Å²) in [5.74, 6) is 0. The summed E-state index contributed by atoms with van der Waals surface area (Å²) >= 11 is 0. The molecule has 0 amide bonds. The highest BCUT2D eigenvalue weighted by molar-refractivity contribution is 5.85. The lowest BCUT2D eigenvalue weighted by atomic mass is 10.1. The molecular weight excluding hydrogens is 222 g/mol. The van der Waals surface area contributed by atoms with Crippen LogP contribution in [0.5, 0.6) is 0 Å². The van der Waals surface area contributed by atoms with E-state index in [4.69, 9.17) is 5.73 Å². The molecule has 1 aromatic carbocycles. The predicted octanol–water partition coefficient (Wildman–Crippen LogP) is 1.71. The fourth-order valence-electron chi connectivity index (χ4n) is 2.20. The van der Waals surface area contributed by atoms with Crippen molar-refractivity contribution in [3.63, 3.8) is 0 Å². The van der Waals surface area contributed by atoms with E-state index in [1.54, 1.807) is 0 Å². The number of fused-ring (bicyclic) bond motifs is 1. The molecule has 0 aliphatic carbocycles. The van der Waals surface area contributed by atoms with Crippen LogP contribution in [-0.4, -0.2) is 32.7 Å². The van der Waals surface area contributed by atoms with Gasteiger partial charge in [0, 0.05) is 32.7 Å². The first-order chi connectivity index (χ1) is 7.36. The van der Waals surface area contributed by atoms with Crippen molar-refractivity contribution in [3.05, 3.63) is 24.3 Å². The van der Waals surface area contributed by atoms with Gasteiger partial charge in [-0.15, -0.1) is 12.4 Å². The van der Waals surface area contributed by atoms with E-state index in [0.717, 1.165) is 32.7 Å². The second-order valence-electron chi connectivity index (χ2n) is 3.84. The van der Waals surface area contributed by atoms with E-state index in [2.05, 4.69) is 41.0 Å². The number of hydrogen-bond acceptors (Lipinski definition) is 3. The SMILES string of the molecule is CCN1CCN(CCN)c2ccccc21.Cl. The van der Waals surface area contributed by atoms with Crippen LogP contribution in [0.1, 0.15) is 6.92 Å². The highest BCUT2D eigenvalue weighted by Crippen LogP contribution is 2.31. The lowest BCUT2D eigenvalue weighted by Crippen LogP contribution is -2.42. The Morgan fingerprint density at radius 1 is 1.12 bits per heavy atom. The Labute approximate surface area is 104 Å². The van der Waals surface area contributed by atoms with Crippen LogP contribution < -0.4 is 15.5 Å². The highest BCUT2D eigenvalue weighted by atomic mass is 35.5. The topological polar surface area (TPSA) is 32.5 Å². The van der Waals surface area contributed by atoms with E-state index in [1.807, 2.05) is 0 Å². The van der Waals surface area contributed by atoms with Crippen LogP contribution in [0, 0.1) is 0 Å². The Morgan fingerprint density at radius 3 is 2.25 bits per heavy atom. The molecule has 4 heteroatoms. The largest absolute Gasteiger partial charge is 0.368 e. The zero-order chi connectivity index (χ0) is 10.7. The Balaban J connectivity index is 0.00000128. The number of rotatable bonds is 3. The Morgan fingerprint density at radius 2 is 1.69 bits per heavy atom. The summed E-state index contributed by atoms with van der Waals surface area (Å²) in [7, 11) is 0. The normalized spacial score (nSPS) is 14.4. The lowest BCUT2D eigenvalue weighted by Gasteiger charge is -2.38. The second kappa shape index (κ2) is 5.97. The minimum absolute atomic E-state index is 0. The third kappa shape index (κ3) is 2.42. The summed E-state index contributed by atoms with van der Waals surface area (Å²) in [4.78, 5) is 4.80. The average molecular weight is 242 g/mol. The van der Waals surface area contributed by atoms with Crippen molar-refractivity contribution < 1.29 is 0 Å². The zero-order valence-electron chi connectivity index (χ0n) is 9.72. The van der Waals surface area contributed by atoms with E-state index in [-0.39, 0.29) is 12.4 Å². The van der Waals surface area contributed by atoms with Gasteiger partial charge < -0.3 is 15.5 Å². The molecule has 1 aliphatic heterocycles. The maximum atomic E-state index is 5.63. The van der Waals surface area contributed by atoms with Gasteiger partial charge in [-0.3, -0.25) is 0 Å². The van der Waals surface area contributed by atoms with Gasteiger partial charge in [0.05, 0.1) is 11.4 Å². The number of benzene rings is 1. The first-order valence-electron chi connectivity index (χ1n) is 5.65. The molecular formula is C12H20ClN3. The van der Waals surface area contributed by atoms with Crippen LogP contribution in [0.4, 0.5) is 11.4 Å². The monoisotopic (exact) mass is 241 g/mol. The number of nitrogens with two attached hydrogens (primary N) is 1. The van der Waals surface area contributed by atoms with Crippen LogP contribution in [0.15, 0.2) is 24.3 Å². The van der Waals surface area contributed by atoms with Gasteiger partial charge in [0.15, 0.2) is 0 Å². The van der Waals surface area contributed by atoms with E-state index < -0.39 is 0 Å². The van der Waals surface area contributed by atoms with Gasteiger partial charge in [-0.2, -0.15) is 0 Å². The number of para-hydroxylation sites is 2. The Hall–Kier alpha value is -0.930. The molecule has 1 aliphatic rings. The zero-order valence-corrected chi connectivity index (χ0v) is 10.5. The van der Waals surface area contributed by atoms with Crippen molar-refractivity contribution in [2.24, 2.45) is 5.73 Å². The van der Waals surface area contributed by atoms with Gasteiger partial charge in [0.2, 0.25) is 0 Å². The van der Waals surface area contributed by atoms with Gasteiger partial charge in [-0.25, -0.2) is 0 Å². The van der Waals surface area contributed by atoms with Crippen LogP contribution >= 0.6 is 12.4 Å². The molecule has 0 saturated carbocycles. The summed E-state index contributed by atoms with van der Waals surface area (Å²) in [5.41, 5.74) is 8.30. The first-order valence-corrected chi connectivity index (χ1v) is 5.65. The van der Waals surface area contributed by atoms with Gasteiger partial charge in [-0.1, -0.05) is 12.1 Å². The fourth-order valence-corrected chi connectivity index (χ4v) is 2.20. The van der Waals surface area contributed by atoms with E-state index in [1.165, 1.54) is 11.4 Å². The van der Waals surface area contributed by atoms with E-state index >= 15 is 0 Å². The van der Waals surface area contributed by atoms with Gasteiger partial charge in [-0.05, 0) is 19.1 Å². The van der Waals surface area contributed by atoms with Crippen molar-refractivity contribution in [1.82, 2.24) is 0 Å². The van der Waals surface area contributed by atoms with Gasteiger partial charge in [0.25, 0.3) is 0 Å². The highest BCUT2D eigenvalue weighted by Gasteiger charge is 2.19. The Kier molecular flexibility index (Phi) is 4.90. The van der Waals surface area contributed by atoms with Crippen molar-refractivity contribution in [3.8, 4) is 0 Å². The number of halogens is 1. The van der Waals surface area contributed by atoms with Crippen LogP contribution in [-0.2, 0) is 0 Å². The number of anilines is 2. The summed E-state index contributed by atoms with van der Waals surface area (Å²) in [6, 6.07) is 8.59. The summed E-state index contributed by atoms with van der Waals surface area (Å²) in [5, 5.41) is 0. The number of hydrogen-bond donors (Lipinski definition) is 1. The molecule has 2 N–H and O–H groups in total. The molecule has 0 bridgehead atoms. The molecule has 3 nitrogen and oxygen atoms in total. The molecule has 0 aromatic heterocycles. The van der Waals surface area contributed by atoms with Gasteiger partial charge in [0.1, 0.15) is 0 Å². The van der Waals surface area contributed by atoms with Crippen molar-refractivity contribution in [1.29, 1.82) is 0 Å². The van der Waals surface area contributed by atoms with E-state index in [9.17, 15) is 0 Å². The molecule has 0 fully saturated rings. The molecule has 1 heterocycles. The molecule has 0 saturated heterocycles. The van der Waals surface area contributed by atoms with E-state index in [0.29, 0.717) is 0 Å². The third-order valence-corrected chi connectivity index (χ3v) is 2.98. The molecule has 1 aromatic rings. The van der Waals surface area contributed by atoms with Crippen LogP contribution in [0.2, 0.25) is 0 Å². The van der Waals surface area contributed by atoms with Crippen molar-refractivity contribution >= 4 is 23.8 Å². The number of nitrogens with zero attached hydrogens (tertiary/aromatic N) is 2. The maximum Gasteiger partial charge on any atom is 0.0605 e. The summed E-state index contributed by atoms with van der Waals surface area (Å²) in [6.07, 6.45) is 0. The molecule has 90 valence electrons. The molecule has 0 radical (unpaired) electrons. The van der Waals surface area contributed by atoms with Crippen molar-refractivity contribution in [2.45, 2.75) is 6.92 Å². The van der Waals surface area contributed by atoms with Crippen molar-refractivity contribution in [2.75, 3.05) is 42.5 Å².